The van der Waals surface area contributed by atoms with Gasteiger partial charge in [0.15, 0.2) is 0 Å². The van der Waals surface area contributed by atoms with Crippen LogP contribution < -0.4 is 10.9 Å². The monoisotopic (exact) mass is 449 g/mol. The van der Waals surface area contributed by atoms with E-state index in [1.54, 1.807) is 23.7 Å². The lowest BCUT2D eigenvalue weighted by atomic mass is 10.1. The Kier molecular flexibility index (Phi) is 6.10. The molecule has 32 heavy (non-hydrogen) atoms. The van der Waals surface area contributed by atoms with Gasteiger partial charge in [-0.2, -0.15) is 10.2 Å². The summed E-state index contributed by atoms with van der Waals surface area (Å²) in [5.41, 5.74) is 4.60. The minimum atomic E-state index is -0.336. The predicted octanol–water partition coefficient (Wildman–Crippen LogP) is 3.52. The Morgan fingerprint density at radius 1 is 1.06 bits per heavy atom. The van der Waals surface area contributed by atoms with Gasteiger partial charge < -0.3 is 5.32 Å². The second kappa shape index (κ2) is 8.96. The molecule has 0 saturated heterocycles. The number of hydrogen-bond donors (Lipinski definition) is 1. The van der Waals surface area contributed by atoms with E-state index >= 15 is 0 Å². The summed E-state index contributed by atoms with van der Waals surface area (Å²) in [6.45, 7) is 6.00. The Morgan fingerprint density at radius 2 is 1.81 bits per heavy atom. The lowest BCUT2D eigenvalue weighted by Gasteiger charge is -2.08. The van der Waals surface area contributed by atoms with Crippen molar-refractivity contribution in [1.82, 2.24) is 24.9 Å². The first-order chi connectivity index (χ1) is 15.3. The van der Waals surface area contributed by atoms with Crippen LogP contribution in [0.2, 0.25) is 5.02 Å². The first kappa shape index (κ1) is 21.8. The van der Waals surface area contributed by atoms with Crippen LogP contribution >= 0.6 is 11.6 Å². The molecule has 0 aliphatic rings. The zero-order valence-corrected chi connectivity index (χ0v) is 19.0. The Bertz CT molecular complexity index is 1360. The Hall–Kier alpha value is -3.45. The fourth-order valence-electron chi connectivity index (χ4n) is 3.76. The number of nitrogens with one attached hydrogen (secondary N) is 1. The maximum absolute atomic E-state index is 13.1. The lowest BCUT2D eigenvalue weighted by Crippen LogP contribution is -2.35. The van der Waals surface area contributed by atoms with Gasteiger partial charge in [0.2, 0.25) is 5.91 Å². The Morgan fingerprint density at radius 3 is 2.53 bits per heavy atom. The molecule has 0 unspecified atom stereocenters. The lowest BCUT2D eigenvalue weighted by molar-refractivity contribution is -0.121. The molecule has 2 aromatic carbocycles. The number of fused-ring (bicyclic) bond motifs is 1. The fraction of sp³-hybridized carbons (Fsp3) is 0.250. The van der Waals surface area contributed by atoms with Gasteiger partial charge in [0.25, 0.3) is 5.56 Å². The fourth-order valence-corrected chi connectivity index (χ4v) is 3.89. The van der Waals surface area contributed by atoms with Gasteiger partial charge in [0, 0.05) is 11.6 Å². The molecule has 4 rings (SSSR count). The van der Waals surface area contributed by atoms with Crippen molar-refractivity contribution < 1.29 is 4.79 Å². The van der Waals surface area contributed by atoms with E-state index in [1.807, 2.05) is 44.2 Å². The molecule has 0 spiro atoms. The van der Waals surface area contributed by atoms with Crippen LogP contribution in [0.5, 0.6) is 0 Å². The third kappa shape index (κ3) is 4.43. The molecule has 0 aliphatic carbocycles. The first-order valence-electron chi connectivity index (χ1n) is 10.4. The molecule has 2 heterocycles. The van der Waals surface area contributed by atoms with Crippen LogP contribution in [0.25, 0.3) is 16.6 Å². The average Bonchev–Trinajstić information content (AvgIpc) is 3.10. The molecule has 0 fully saturated rings. The number of nitrogens with zero attached hydrogens (tertiary/aromatic N) is 4. The van der Waals surface area contributed by atoms with E-state index in [4.69, 9.17) is 11.6 Å². The highest BCUT2D eigenvalue weighted by atomic mass is 35.5. The molecular formula is C24H24ClN5O2. The minimum Gasteiger partial charge on any atom is -0.354 e. The van der Waals surface area contributed by atoms with Crippen LogP contribution in [0.15, 0.2) is 53.3 Å². The molecule has 0 bridgehead atoms. The van der Waals surface area contributed by atoms with Crippen molar-refractivity contribution in [2.24, 2.45) is 0 Å². The Labute approximate surface area is 190 Å². The van der Waals surface area contributed by atoms with Crippen LogP contribution in [-0.4, -0.2) is 32.0 Å². The van der Waals surface area contributed by atoms with E-state index in [0.717, 1.165) is 17.7 Å². The van der Waals surface area contributed by atoms with Crippen molar-refractivity contribution in [3.63, 3.8) is 0 Å². The number of halogens is 1. The van der Waals surface area contributed by atoms with Gasteiger partial charge in [0.05, 0.1) is 22.5 Å². The maximum Gasteiger partial charge on any atom is 0.278 e. The topological polar surface area (TPSA) is 81.8 Å². The van der Waals surface area contributed by atoms with Crippen molar-refractivity contribution in [1.29, 1.82) is 0 Å². The summed E-state index contributed by atoms with van der Waals surface area (Å²) >= 11 is 5.98. The summed E-state index contributed by atoms with van der Waals surface area (Å²) in [5.74, 6) is -0.256. The molecule has 2 aromatic heterocycles. The van der Waals surface area contributed by atoms with E-state index in [2.05, 4.69) is 21.6 Å². The molecule has 1 N–H and O–H groups in total. The van der Waals surface area contributed by atoms with Crippen molar-refractivity contribution in [3.8, 4) is 5.69 Å². The molecule has 7 nitrogen and oxygen atoms in total. The molecule has 8 heteroatoms. The summed E-state index contributed by atoms with van der Waals surface area (Å²) in [7, 11) is 0. The normalized spacial score (nSPS) is 11.1. The molecule has 0 radical (unpaired) electrons. The number of aryl methyl sites for hydroxylation is 3. The highest BCUT2D eigenvalue weighted by Gasteiger charge is 2.18. The van der Waals surface area contributed by atoms with Crippen LogP contribution in [0.1, 0.15) is 22.5 Å². The second-order valence-electron chi connectivity index (χ2n) is 7.83. The quantitative estimate of drug-likeness (QED) is 0.488. The number of benzene rings is 2. The van der Waals surface area contributed by atoms with Gasteiger partial charge in [0.1, 0.15) is 12.1 Å². The summed E-state index contributed by atoms with van der Waals surface area (Å²) < 4.78 is 2.91. The highest BCUT2D eigenvalue weighted by Crippen LogP contribution is 2.21. The number of rotatable bonds is 6. The van der Waals surface area contributed by atoms with Crippen LogP contribution in [0, 0.1) is 20.8 Å². The summed E-state index contributed by atoms with van der Waals surface area (Å²) in [4.78, 5) is 25.6. The van der Waals surface area contributed by atoms with Gasteiger partial charge >= 0.3 is 0 Å². The number of hydrogen-bond acceptors (Lipinski definition) is 4. The van der Waals surface area contributed by atoms with Crippen LogP contribution in [-0.2, 0) is 17.8 Å². The number of carbonyl (C=O) groups is 1. The van der Waals surface area contributed by atoms with E-state index in [0.29, 0.717) is 33.9 Å². The smallest absolute Gasteiger partial charge is 0.278 e. The Balaban J connectivity index is 1.55. The average molecular weight is 450 g/mol. The molecule has 164 valence electrons. The number of amides is 1. The van der Waals surface area contributed by atoms with E-state index in [-0.39, 0.29) is 18.0 Å². The standard InChI is InChI=1S/C24H24ClN5O2/c1-15-5-4-6-18(13-15)11-12-26-21(31)14-29-24(32)22-17(3)30(28-23(22)16(2)27-29)20-9-7-19(25)8-10-20/h4-10,13H,11-12,14H2,1-3H3,(H,26,31). The molecule has 0 atom stereocenters. The van der Waals surface area contributed by atoms with Crippen LogP contribution in [0.3, 0.4) is 0 Å². The van der Waals surface area contributed by atoms with E-state index < -0.39 is 0 Å². The predicted molar refractivity (Wildman–Crippen MR) is 126 cm³/mol. The van der Waals surface area contributed by atoms with Gasteiger partial charge in [-0.05, 0) is 57.0 Å². The minimum absolute atomic E-state index is 0.144. The molecule has 0 aliphatic heterocycles. The highest BCUT2D eigenvalue weighted by molar-refractivity contribution is 6.30. The number of aromatic nitrogens is 4. The van der Waals surface area contributed by atoms with Crippen molar-refractivity contribution >= 4 is 28.4 Å². The first-order valence-corrected chi connectivity index (χ1v) is 10.8. The molecular weight excluding hydrogens is 426 g/mol. The van der Waals surface area contributed by atoms with Gasteiger partial charge in [-0.25, -0.2) is 9.36 Å². The number of carbonyl (C=O) groups excluding carboxylic acids is 1. The van der Waals surface area contributed by atoms with Crippen molar-refractivity contribution in [2.45, 2.75) is 33.7 Å². The zero-order chi connectivity index (χ0) is 22.8. The summed E-state index contributed by atoms with van der Waals surface area (Å²) in [6, 6.07) is 15.4. The zero-order valence-electron chi connectivity index (χ0n) is 18.2. The van der Waals surface area contributed by atoms with Gasteiger partial charge in [-0.15, -0.1) is 0 Å². The second-order valence-corrected chi connectivity index (χ2v) is 8.27. The maximum atomic E-state index is 13.1. The third-order valence-electron chi connectivity index (χ3n) is 5.36. The van der Waals surface area contributed by atoms with Crippen molar-refractivity contribution in [2.75, 3.05) is 6.54 Å². The van der Waals surface area contributed by atoms with Gasteiger partial charge in [-0.3, -0.25) is 9.59 Å². The third-order valence-corrected chi connectivity index (χ3v) is 5.61. The van der Waals surface area contributed by atoms with E-state index in [9.17, 15) is 9.59 Å². The van der Waals surface area contributed by atoms with Crippen LogP contribution in [0.4, 0.5) is 0 Å². The molecule has 1 amide bonds. The summed E-state index contributed by atoms with van der Waals surface area (Å²) in [5, 5.41) is 12.9. The van der Waals surface area contributed by atoms with Crippen molar-refractivity contribution in [3.05, 3.63) is 86.4 Å². The SMILES string of the molecule is Cc1cccc(CCNC(=O)Cn2nc(C)c3nn(-c4ccc(Cl)cc4)c(C)c3c2=O)c1. The largest absolute Gasteiger partial charge is 0.354 e. The van der Waals surface area contributed by atoms with E-state index in [1.165, 1.54) is 10.2 Å². The molecule has 0 saturated carbocycles. The molecule has 4 aromatic rings. The summed E-state index contributed by atoms with van der Waals surface area (Å²) in [6.07, 6.45) is 0.723. The van der Waals surface area contributed by atoms with Gasteiger partial charge in [-0.1, -0.05) is 41.4 Å².